The standard InChI is InChI=1S/C12H14N4O3/c1-12(2)11(19)15-9(17)6-16(12)10(18)8-4-3-7(13)5-14-8/h3-5H,6,13H2,1-2H3,(H,15,17,19). The largest absolute Gasteiger partial charge is 0.397 e. The number of aromatic nitrogens is 1. The van der Waals surface area contributed by atoms with Crippen molar-refractivity contribution in [3.05, 3.63) is 24.0 Å². The summed E-state index contributed by atoms with van der Waals surface area (Å²) >= 11 is 0. The predicted molar refractivity (Wildman–Crippen MR) is 66.9 cm³/mol. The molecule has 0 atom stereocenters. The van der Waals surface area contributed by atoms with Crippen molar-refractivity contribution in [2.45, 2.75) is 19.4 Å². The smallest absolute Gasteiger partial charge is 0.273 e. The second-order valence-electron chi connectivity index (χ2n) is 4.80. The van der Waals surface area contributed by atoms with Gasteiger partial charge in [-0.15, -0.1) is 0 Å². The summed E-state index contributed by atoms with van der Waals surface area (Å²) in [6.07, 6.45) is 1.35. The number of imide groups is 1. The lowest BCUT2D eigenvalue weighted by atomic mass is 9.98. The van der Waals surface area contributed by atoms with Gasteiger partial charge in [0.2, 0.25) is 5.91 Å². The highest BCUT2D eigenvalue weighted by atomic mass is 16.2. The van der Waals surface area contributed by atoms with Crippen LogP contribution in [0.1, 0.15) is 24.3 Å². The molecule has 0 aliphatic carbocycles. The van der Waals surface area contributed by atoms with Crippen LogP contribution in [-0.2, 0) is 9.59 Å². The zero-order valence-corrected chi connectivity index (χ0v) is 10.6. The van der Waals surface area contributed by atoms with E-state index in [4.69, 9.17) is 5.73 Å². The second kappa shape index (κ2) is 4.34. The number of carbonyl (C=O) groups excluding carboxylic acids is 3. The number of hydrogen-bond acceptors (Lipinski definition) is 5. The number of nitrogen functional groups attached to an aromatic ring is 1. The number of hydrogen-bond donors (Lipinski definition) is 2. The minimum Gasteiger partial charge on any atom is -0.397 e. The van der Waals surface area contributed by atoms with Crippen LogP contribution in [-0.4, -0.2) is 39.7 Å². The molecule has 2 heterocycles. The Morgan fingerprint density at radius 3 is 2.68 bits per heavy atom. The predicted octanol–water partition coefficient (Wildman–Crippen LogP) is -0.459. The molecule has 0 unspecified atom stereocenters. The molecule has 1 saturated heterocycles. The highest BCUT2D eigenvalue weighted by molar-refractivity contribution is 6.08. The van der Waals surface area contributed by atoms with E-state index in [0.29, 0.717) is 5.69 Å². The summed E-state index contributed by atoms with van der Waals surface area (Å²) in [5, 5.41) is 2.20. The quantitative estimate of drug-likeness (QED) is 0.666. The van der Waals surface area contributed by atoms with E-state index < -0.39 is 23.3 Å². The van der Waals surface area contributed by atoms with E-state index in [1.807, 2.05) is 0 Å². The van der Waals surface area contributed by atoms with Gasteiger partial charge in [0.25, 0.3) is 11.8 Å². The summed E-state index contributed by atoms with van der Waals surface area (Å²) in [7, 11) is 0. The molecule has 3 N–H and O–H groups in total. The molecule has 7 heteroatoms. The van der Waals surface area contributed by atoms with Gasteiger partial charge in [-0.25, -0.2) is 4.98 Å². The number of rotatable bonds is 1. The minimum absolute atomic E-state index is 0.143. The molecule has 1 aromatic rings. The molecule has 3 amide bonds. The Balaban J connectivity index is 2.33. The van der Waals surface area contributed by atoms with Gasteiger partial charge < -0.3 is 10.6 Å². The molecule has 0 radical (unpaired) electrons. The van der Waals surface area contributed by atoms with E-state index in [-0.39, 0.29) is 12.2 Å². The summed E-state index contributed by atoms with van der Waals surface area (Å²) < 4.78 is 0. The van der Waals surface area contributed by atoms with E-state index >= 15 is 0 Å². The van der Waals surface area contributed by atoms with Gasteiger partial charge in [-0.1, -0.05) is 0 Å². The number of nitrogens with zero attached hydrogens (tertiary/aromatic N) is 2. The molecule has 0 saturated carbocycles. The molecule has 1 aromatic heterocycles. The zero-order chi connectivity index (χ0) is 14.2. The number of pyridine rings is 1. The average molecular weight is 262 g/mol. The zero-order valence-electron chi connectivity index (χ0n) is 10.6. The molecular formula is C12H14N4O3. The Morgan fingerprint density at radius 1 is 1.42 bits per heavy atom. The van der Waals surface area contributed by atoms with Crippen LogP contribution in [0.5, 0.6) is 0 Å². The molecule has 1 fully saturated rings. The first-order valence-electron chi connectivity index (χ1n) is 5.70. The van der Waals surface area contributed by atoms with Gasteiger partial charge in [0.15, 0.2) is 0 Å². The van der Waals surface area contributed by atoms with Gasteiger partial charge in [-0.3, -0.25) is 19.7 Å². The fraction of sp³-hybridized carbons (Fsp3) is 0.333. The molecule has 0 bridgehead atoms. The maximum Gasteiger partial charge on any atom is 0.273 e. The van der Waals surface area contributed by atoms with E-state index in [9.17, 15) is 14.4 Å². The number of nitrogens with two attached hydrogens (primary N) is 1. The van der Waals surface area contributed by atoms with Crippen LogP contribution in [0.15, 0.2) is 18.3 Å². The number of piperazine rings is 1. The van der Waals surface area contributed by atoms with Crippen molar-refractivity contribution in [1.29, 1.82) is 0 Å². The van der Waals surface area contributed by atoms with E-state index in [0.717, 1.165) is 0 Å². The summed E-state index contributed by atoms with van der Waals surface area (Å²) in [5.74, 6) is -1.49. The molecule has 7 nitrogen and oxygen atoms in total. The number of anilines is 1. The van der Waals surface area contributed by atoms with Crippen molar-refractivity contribution < 1.29 is 14.4 Å². The molecular weight excluding hydrogens is 248 g/mol. The Bertz CT molecular complexity index is 551. The molecule has 2 rings (SSSR count). The third-order valence-electron chi connectivity index (χ3n) is 3.04. The highest BCUT2D eigenvalue weighted by Gasteiger charge is 2.44. The fourth-order valence-corrected chi connectivity index (χ4v) is 1.78. The molecule has 0 aromatic carbocycles. The first-order chi connectivity index (χ1) is 8.82. The third kappa shape index (κ3) is 2.26. The minimum atomic E-state index is -1.10. The fourth-order valence-electron chi connectivity index (χ4n) is 1.78. The number of carbonyl (C=O) groups is 3. The van der Waals surface area contributed by atoms with Gasteiger partial charge in [-0.05, 0) is 26.0 Å². The van der Waals surface area contributed by atoms with Crippen molar-refractivity contribution in [3.63, 3.8) is 0 Å². The molecule has 1 aliphatic rings. The summed E-state index contributed by atoms with van der Waals surface area (Å²) in [6, 6.07) is 3.00. The molecule has 1 aliphatic heterocycles. The maximum atomic E-state index is 12.3. The van der Waals surface area contributed by atoms with Gasteiger partial charge in [-0.2, -0.15) is 0 Å². The van der Waals surface area contributed by atoms with Gasteiger partial charge in [0.05, 0.1) is 11.9 Å². The van der Waals surface area contributed by atoms with Crippen molar-refractivity contribution in [2.24, 2.45) is 0 Å². The Labute approximate surface area is 109 Å². The third-order valence-corrected chi connectivity index (χ3v) is 3.04. The monoisotopic (exact) mass is 262 g/mol. The molecule has 100 valence electrons. The molecule has 0 spiro atoms. The Kier molecular flexibility index (Phi) is 2.97. The van der Waals surface area contributed by atoms with Crippen molar-refractivity contribution >= 4 is 23.4 Å². The van der Waals surface area contributed by atoms with E-state index in [2.05, 4.69) is 10.3 Å². The van der Waals surface area contributed by atoms with Crippen LogP contribution in [0, 0.1) is 0 Å². The van der Waals surface area contributed by atoms with Crippen molar-refractivity contribution in [3.8, 4) is 0 Å². The van der Waals surface area contributed by atoms with E-state index in [1.54, 1.807) is 19.9 Å². The Hall–Kier alpha value is -2.44. The van der Waals surface area contributed by atoms with Gasteiger partial charge in [0.1, 0.15) is 17.8 Å². The summed E-state index contributed by atoms with van der Waals surface area (Å²) in [6.45, 7) is 2.97. The normalized spacial score (nSPS) is 18.1. The van der Waals surface area contributed by atoms with Gasteiger partial charge in [0, 0.05) is 0 Å². The number of nitrogens with one attached hydrogen (secondary N) is 1. The SMILES string of the molecule is CC1(C)C(=O)NC(=O)CN1C(=O)c1ccc(N)cn1. The summed E-state index contributed by atoms with van der Waals surface area (Å²) in [5.41, 5.74) is 4.97. The van der Waals surface area contributed by atoms with Gasteiger partial charge >= 0.3 is 0 Å². The number of amides is 3. The lowest BCUT2D eigenvalue weighted by Crippen LogP contribution is -2.65. The second-order valence-corrected chi connectivity index (χ2v) is 4.80. The maximum absolute atomic E-state index is 12.3. The lowest BCUT2D eigenvalue weighted by molar-refractivity contribution is -0.143. The van der Waals surface area contributed by atoms with Crippen LogP contribution in [0.25, 0.3) is 0 Å². The van der Waals surface area contributed by atoms with Crippen molar-refractivity contribution in [2.75, 3.05) is 12.3 Å². The Morgan fingerprint density at radius 2 is 2.11 bits per heavy atom. The first kappa shape index (κ1) is 13.0. The van der Waals surface area contributed by atoms with E-state index in [1.165, 1.54) is 17.2 Å². The van der Waals surface area contributed by atoms with Crippen LogP contribution < -0.4 is 11.1 Å². The van der Waals surface area contributed by atoms with Crippen LogP contribution in [0.4, 0.5) is 5.69 Å². The topological polar surface area (TPSA) is 105 Å². The van der Waals surface area contributed by atoms with Crippen LogP contribution in [0.2, 0.25) is 0 Å². The van der Waals surface area contributed by atoms with Crippen LogP contribution in [0.3, 0.4) is 0 Å². The average Bonchev–Trinajstić information content (AvgIpc) is 2.34. The summed E-state index contributed by atoms with van der Waals surface area (Å²) in [4.78, 5) is 40.6. The highest BCUT2D eigenvalue weighted by Crippen LogP contribution is 2.20. The van der Waals surface area contributed by atoms with Crippen molar-refractivity contribution in [1.82, 2.24) is 15.2 Å². The molecule has 19 heavy (non-hydrogen) atoms. The lowest BCUT2D eigenvalue weighted by Gasteiger charge is -2.39. The van der Waals surface area contributed by atoms with Crippen LogP contribution >= 0.6 is 0 Å². The first-order valence-corrected chi connectivity index (χ1v) is 5.70.